The highest BCUT2D eigenvalue weighted by Crippen LogP contribution is 2.30. The highest BCUT2D eigenvalue weighted by molar-refractivity contribution is 7.14. The van der Waals surface area contributed by atoms with E-state index in [0.29, 0.717) is 17.3 Å². The van der Waals surface area contributed by atoms with E-state index >= 15 is 0 Å². The number of hydrogen-bond acceptors (Lipinski definition) is 4. The van der Waals surface area contributed by atoms with Gasteiger partial charge in [-0.25, -0.2) is 4.98 Å². The first-order valence-electron chi connectivity index (χ1n) is 10.3. The second-order valence-corrected chi connectivity index (χ2v) is 8.27. The van der Waals surface area contributed by atoms with Gasteiger partial charge >= 0.3 is 0 Å². The molecule has 29 heavy (non-hydrogen) atoms. The molecule has 0 fully saturated rings. The maximum Gasteiger partial charge on any atom is 0.257 e. The van der Waals surface area contributed by atoms with Crippen LogP contribution < -0.4 is 10.1 Å². The smallest absolute Gasteiger partial charge is 0.257 e. The van der Waals surface area contributed by atoms with E-state index in [1.54, 1.807) is 12.1 Å². The average Bonchev–Trinajstić information content (AvgIpc) is 3.22. The summed E-state index contributed by atoms with van der Waals surface area (Å²) in [6.07, 6.45) is 6.95. The summed E-state index contributed by atoms with van der Waals surface area (Å²) in [5, 5.41) is 5.53. The Kier molecular flexibility index (Phi) is 6.25. The van der Waals surface area contributed by atoms with Crippen LogP contribution >= 0.6 is 11.3 Å². The molecule has 0 atom stereocenters. The molecule has 1 amide bonds. The molecule has 0 bridgehead atoms. The van der Waals surface area contributed by atoms with Gasteiger partial charge in [-0.05, 0) is 67.5 Å². The number of nitrogens with zero attached hydrogens (tertiary/aromatic N) is 1. The molecule has 4 nitrogen and oxygen atoms in total. The molecule has 0 radical (unpaired) electrons. The Labute approximate surface area is 176 Å². The van der Waals surface area contributed by atoms with Crippen molar-refractivity contribution in [1.82, 2.24) is 4.98 Å². The molecular weight excluding hydrogens is 380 g/mol. The van der Waals surface area contributed by atoms with Gasteiger partial charge in [0.2, 0.25) is 0 Å². The van der Waals surface area contributed by atoms with Crippen LogP contribution in [0.5, 0.6) is 5.75 Å². The molecular formula is C24H26N2O2S. The second kappa shape index (κ2) is 9.23. The summed E-state index contributed by atoms with van der Waals surface area (Å²) in [5.41, 5.74) is 5.51. The Balaban J connectivity index is 1.44. The zero-order chi connectivity index (χ0) is 20.1. The number of unbranched alkanes of at least 4 members (excludes halogenated alkanes) is 1. The molecule has 0 saturated carbocycles. The lowest BCUT2D eigenvalue weighted by molar-refractivity contribution is 0.102. The van der Waals surface area contributed by atoms with Gasteiger partial charge in [-0.3, -0.25) is 10.1 Å². The summed E-state index contributed by atoms with van der Waals surface area (Å²) in [6, 6.07) is 13.9. The minimum absolute atomic E-state index is 0.169. The van der Waals surface area contributed by atoms with Crippen molar-refractivity contribution in [2.24, 2.45) is 0 Å². The third-order valence-corrected chi connectivity index (χ3v) is 5.99. The number of aromatic nitrogens is 1. The van der Waals surface area contributed by atoms with Gasteiger partial charge in [0, 0.05) is 16.5 Å². The summed E-state index contributed by atoms with van der Waals surface area (Å²) in [4.78, 5) is 17.3. The highest BCUT2D eigenvalue weighted by atomic mass is 32.1. The minimum Gasteiger partial charge on any atom is -0.494 e. The zero-order valence-corrected chi connectivity index (χ0v) is 17.6. The number of amides is 1. The first-order chi connectivity index (χ1) is 14.2. The summed E-state index contributed by atoms with van der Waals surface area (Å²) >= 11 is 1.45. The van der Waals surface area contributed by atoms with Crippen molar-refractivity contribution in [3.63, 3.8) is 0 Å². The van der Waals surface area contributed by atoms with Gasteiger partial charge in [-0.2, -0.15) is 0 Å². The maximum atomic E-state index is 12.6. The molecule has 5 heteroatoms. The molecule has 0 spiro atoms. The van der Waals surface area contributed by atoms with Crippen LogP contribution in [0.3, 0.4) is 0 Å². The molecule has 4 rings (SSSR count). The van der Waals surface area contributed by atoms with Gasteiger partial charge in [0.05, 0.1) is 12.3 Å². The van der Waals surface area contributed by atoms with E-state index in [2.05, 4.69) is 35.4 Å². The van der Waals surface area contributed by atoms with Crippen LogP contribution in [0.1, 0.15) is 54.1 Å². The Bertz CT molecular complexity index is 996. The molecule has 2 aromatic carbocycles. The van der Waals surface area contributed by atoms with Gasteiger partial charge in [-0.15, -0.1) is 11.3 Å². The number of hydrogen-bond donors (Lipinski definition) is 1. The van der Waals surface area contributed by atoms with E-state index in [1.807, 2.05) is 17.5 Å². The normalized spacial score (nSPS) is 13.0. The second-order valence-electron chi connectivity index (χ2n) is 7.41. The van der Waals surface area contributed by atoms with Crippen molar-refractivity contribution < 1.29 is 9.53 Å². The molecule has 1 N–H and O–H groups in total. The number of ether oxygens (including phenoxy) is 1. The molecule has 1 aliphatic carbocycles. The van der Waals surface area contributed by atoms with Crippen LogP contribution in [0.4, 0.5) is 5.13 Å². The van der Waals surface area contributed by atoms with Crippen LogP contribution in [0.2, 0.25) is 0 Å². The number of aryl methyl sites for hydroxylation is 2. The fourth-order valence-corrected chi connectivity index (χ4v) is 4.30. The molecule has 0 saturated heterocycles. The quantitative estimate of drug-likeness (QED) is 0.481. The topological polar surface area (TPSA) is 51.2 Å². The number of rotatable bonds is 7. The van der Waals surface area contributed by atoms with Gasteiger partial charge in [0.1, 0.15) is 5.75 Å². The lowest BCUT2D eigenvalue weighted by atomic mass is 9.90. The maximum absolute atomic E-state index is 12.6. The third kappa shape index (κ3) is 4.85. The lowest BCUT2D eigenvalue weighted by Crippen LogP contribution is -2.12. The largest absolute Gasteiger partial charge is 0.494 e. The van der Waals surface area contributed by atoms with Gasteiger partial charge in [0.25, 0.3) is 5.91 Å². The van der Waals surface area contributed by atoms with Crippen LogP contribution in [0.15, 0.2) is 47.8 Å². The lowest BCUT2D eigenvalue weighted by Gasteiger charge is -2.16. The predicted octanol–water partition coefficient (Wildman–Crippen LogP) is 6.12. The standard InChI is InChI=1S/C24H26N2O2S/c1-2-3-13-28-21-10-6-9-20(15-21)23(27)26-24-25-22(16-29-24)19-12-11-17-7-4-5-8-18(17)14-19/h6,9-12,14-16H,2-5,7-8,13H2,1H3,(H,25,26,27). The first-order valence-corrected chi connectivity index (χ1v) is 11.2. The summed E-state index contributed by atoms with van der Waals surface area (Å²) in [5.74, 6) is 0.553. The number of thiazole rings is 1. The van der Waals surface area contributed by atoms with Crippen molar-refractivity contribution in [3.05, 3.63) is 64.5 Å². The van der Waals surface area contributed by atoms with Crippen LogP contribution in [0.25, 0.3) is 11.3 Å². The SMILES string of the molecule is CCCCOc1cccc(C(=O)Nc2nc(-c3ccc4c(c3)CCCC4)cs2)c1. The van der Waals surface area contributed by atoms with Crippen molar-refractivity contribution in [2.45, 2.75) is 45.4 Å². The van der Waals surface area contributed by atoms with Crippen molar-refractivity contribution in [2.75, 3.05) is 11.9 Å². The predicted molar refractivity (Wildman–Crippen MR) is 119 cm³/mol. The van der Waals surface area contributed by atoms with E-state index in [-0.39, 0.29) is 5.91 Å². The van der Waals surface area contributed by atoms with Crippen molar-refractivity contribution >= 4 is 22.4 Å². The number of fused-ring (bicyclic) bond motifs is 1. The van der Waals surface area contributed by atoms with Crippen molar-refractivity contribution in [1.29, 1.82) is 0 Å². The average molecular weight is 407 g/mol. The Hall–Kier alpha value is -2.66. The van der Waals surface area contributed by atoms with E-state index < -0.39 is 0 Å². The number of anilines is 1. The monoisotopic (exact) mass is 406 g/mol. The minimum atomic E-state index is -0.169. The molecule has 1 heterocycles. The van der Waals surface area contributed by atoms with Crippen molar-refractivity contribution in [3.8, 4) is 17.0 Å². The number of carbonyl (C=O) groups excluding carboxylic acids is 1. The van der Waals surface area contributed by atoms with Gasteiger partial charge < -0.3 is 4.74 Å². The summed E-state index contributed by atoms with van der Waals surface area (Å²) in [6.45, 7) is 2.79. The van der Waals surface area contributed by atoms with Gasteiger partial charge in [0.15, 0.2) is 5.13 Å². The van der Waals surface area contributed by atoms with E-state index in [1.165, 1.54) is 41.7 Å². The molecule has 150 valence electrons. The summed E-state index contributed by atoms with van der Waals surface area (Å²) < 4.78 is 5.70. The van der Waals surface area contributed by atoms with Crippen LogP contribution in [-0.4, -0.2) is 17.5 Å². The highest BCUT2D eigenvalue weighted by Gasteiger charge is 2.13. The molecule has 1 aromatic heterocycles. The van der Waals surface area contributed by atoms with Gasteiger partial charge in [-0.1, -0.05) is 31.5 Å². The van der Waals surface area contributed by atoms with Crippen LogP contribution in [0, 0.1) is 0 Å². The van der Waals surface area contributed by atoms with E-state index in [9.17, 15) is 4.79 Å². The molecule has 3 aromatic rings. The molecule has 0 aliphatic heterocycles. The molecule has 1 aliphatic rings. The van der Waals surface area contributed by atoms with E-state index in [0.717, 1.165) is 36.3 Å². The number of nitrogens with one attached hydrogen (secondary N) is 1. The van der Waals surface area contributed by atoms with Crippen LogP contribution in [-0.2, 0) is 12.8 Å². The molecule has 0 unspecified atom stereocenters. The summed E-state index contributed by atoms with van der Waals surface area (Å²) in [7, 11) is 0. The first kappa shape index (κ1) is 19.6. The Morgan fingerprint density at radius 1 is 1.14 bits per heavy atom. The van der Waals surface area contributed by atoms with E-state index in [4.69, 9.17) is 4.74 Å². The fourth-order valence-electron chi connectivity index (χ4n) is 3.59. The number of benzene rings is 2. The third-order valence-electron chi connectivity index (χ3n) is 5.23. The Morgan fingerprint density at radius 2 is 2.00 bits per heavy atom. The number of carbonyl (C=O) groups is 1. The Morgan fingerprint density at radius 3 is 2.86 bits per heavy atom. The zero-order valence-electron chi connectivity index (χ0n) is 16.7. The fraction of sp³-hybridized carbons (Fsp3) is 0.333.